The third kappa shape index (κ3) is 1.28. The van der Waals surface area contributed by atoms with Crippen LogP contribution >= 0.6 is 15.9 Å². The normalized spacial score (nSPS) is 18.1. The van der Waals surface area contributed by atoms with Crippen LogP contribution in [0, 0.1) is 0 Å². The Hall–Kier alpha value is -0.810. The Morgan fingerprint density at radius 2 is 2.00 bits per heavy atom. The topological polar surface area (TPSA) is 60.2 Å². The molecule has 2 N–H and O–H groups in total. The summed E-state index contributed by atoms with van der Waals surface area (Å²) in [4.78, 5) is 0.277. The van der Waals surface area contributed by atoms with E-state index in [2.05, 4.69) is 15.9 Å². The lowest BCUT2D eigenvalue weighted by atomic mass is 10.2. The lowest BCUT2D eigenvalue weighted by Gasteiger charge is -1.99. The molecule has 0 radical (unpaired) electrons. The average molecular weight is 260 g/mol. The number of hydrogen-bond acceptors (Lipinski definition) is 3. The monoisotopic (exact) mass is 259 g/mol. The van der Waals surface area contributed by atoms with Gasteiger partial charge in [-0.1, -0.05) is 6.07 Å². The van der Waals surface area contributed by atoms with Gasteiger partial charge in [0, 0.05) is 15.7 Å². The van der Waals surface area contributed by atoms with E-state index in [1.165, 1.54) is 11.5 Å². The average Bonchev–Trinajstić information content (AvgIpc) is 2.23. The van der Waals surface area contributed by atoms with Crippen LogP contribution in [-0.4, -0.2) is 8.42 Å². The number of nitrogen functional groups attached to an aromatic ring is 1. The number of benzene rings is 1. The maximum Gasteiger partial charge on any atom is 0.201 e. The highest BCUT2D eigenvalue weighted by Crippen LogP contribution is 2.37. The summed E-state index contributed by atoms with van der Waals surface area (Å²) in [7, 11) is -3.27. The second-order valence-electron chi connectivity index (χ2n) is 2.77. The number of halogens is 1. The van der Waals surface area contributed by atoms with Gasteiger partial charge in [-0.15, -0.1) is 0 Å². The smallest absolute Gasteiger partial charge is 0.201 e. The van der Waals surface area contributed by atoms with Gasteiger partial charge in [0.05, 0.1) is 10.3 Å². The predicted molar refractivity (Wildman–Crippen MR) is 54.9 cm³/mol. The number of nitrogens with two attached hydrogens (primary N) is 1. The van der Waals surface area contributed by atoms with E-state index in [-0.39, 0.29) is 4.90 Å². The molecule has 3 nitrogen and oxygen atoms in total. The van der Waals surface area contributed by atoms with Crippen LogP contribution in [0.4, 0.5) is 5.69 Å². The first-order chi connectivity index (χ1) is 6.00. The number of rotatable bonds is 0. The summed E-state index contributed by atoms with van der Waals surface area (Å²) in [6, 6.07) is 4.83. The highest BCUT2D eigenvalue weighted by Gasteiger charge is 2.25. The minimum absolute atomic E-state index is 0.277. The molecule has 1 aromatic carbocycles. The molecule has 2 rings (SSSR count). The second kappa shape index (κ2) is 2.59. The van der Waals surface area contributed by atoms with Crippen LogP contribution in [0.3, 0.4) is 0 Å². The Balaban J connectivity index is 2.83. The third-order valence-electron chi connectivity index (χ3n) is 1.83. The minimum atomic E-state index is -3.27. The number of hydrogen-bond donors (Lipinski definition) is 1. The number of anilines is 1. The fraction of sp³-hybridized carbons (Fsp3) is 0. The van der Waals surface area contributed by atoms with Crippen LogP contribution in [0.2, 0.25) is 0 Å². The summed E-state index contributed by atoms with van der Waals surface area (Å²) >= 11 is 3.18. The molecule has 0 amide bonds. The van der Waals surface area contributed by atoms with E-state index < -0.39 is 9.84 Å². The zero-order valence-electron chi connectivity index (χ0n) is 6.49. The molecule has 1 heterocycles. The molecule has 5 heteroatoms. The van der Waals surface area contributed by atoms with Crippen molar-refractivity contribution in [3.05, 3.63) is 29.2 Å². The Labute approximate surface area is 84.3 Å². The number of sulfone groups is 1. The van der Waals surface area contributed by atoms with Crippen molar-refractivity contribution in [3.8, 4) is 0 Å². The first kappa shape index (κ1) is 8.77. The van der Waals surface area contributed by atoms with Gasteiger partial charge in [0.1, 0.15) is 0 Å². The van der Waals surface area contributed by atoms with E-state index in [1.807, 2.05) is 0 Å². The van der Waals surface area contributed by atoms with Crippen LogP contribution < -0.4 is 5.73 Å². The van der Waals surface area contributed by atoms with Crippen molar-refractivity contribution in [2.75, 3.05) is 5.73 Å². The fourth-order valence-electron chi connectivity index (χ4n) is 1.23. The minimum Gasteiger partial charge on any atom is -0.399 e. The molecular formula is C8H6BrNO2S. The molecule has 0 aromatic heterocycles. The molecule has 1 aliphatic rings. The van der Waals surface area contributed by atoms with Crippen molar-refractivity contribution < 1.29 is 8.42 Å². The van der Waals surface area contributed by atoms with Crippen molar-refractivity contribution in [2.45, 2.75) is 4.90 Å². The van der Waals surface area contributed by atoms with Crippen molar-refractivity contribution in [2.24, 2.45) is 0 Å². The summed E-state index contributed by atoms with van der Waals surface area (Å²) in [5, 5.41) is 1.19. The van der Waals surface area contributed by atoms with E-state index in [1.54, 1.807) is 12.1 Å². The molecule has 0 bridgehead atoms. The molecule has 0 spiro atoms. The van der Waals surface area contributed by atoms with E-state index >= 15 is 0 Å². The Morgan fingerprint density at radius 3 is 2.69 bits per heavy atom. The molecule has 0 saturated heterocycles. The molecule has 0 fully saturated rings. The van der Waals surface area contributed by atoms with Gasteiger partial charge in [-0.05, 0) is 28.1 Å². The van der Waals surface area contributed by atoms with Gasteiger partial charge < -0.3 is 5.73 Å². The summed E-state index contributed by atoms with van der Waals surface area (Å²) in [6.45, 7) is 0. The molecule has 13 heavy (non-hydrogen) atoms. The van der Waals surface area contributed by atoms with Gasteiger partial charge in [0.15, 0.2) is 0 Å². The third-order valence-corrected chi connectivity index (χ3v) is 4.28. The standard InChI is InChI=1S/C8H6BrNO2S/c9-7-4-13(11,12)8-3-5(10)1-2-6(7)8/h1-4H,10H2. The van der Waals surface area contributed by atoms with Gasteiger partial charge in [-0.3, -0.25) is 0 Å². The Kier molecular flexibility index (Phi) is 1.75. The van der Waals surface area contributed by atoms with Crippen LogP contribution in [0.15, 0.2) is 28.5 Å². The van der Waals surface area contributed by atoms with Gasteiger partial charge in [0.25, 0.3) is 0 Å². The lowest BCUT2D eigenvalue weighted by molar-refractivity contribution is 0.605. The summed E-state index contributed by atoms with van der Waals surface area (Å²) in [6.07, 6.45) is 0. The first-order valence-corrected chi connectivity index (χ1v) is 5.87. The number of fused-ring (bicyclic) bond motifs is 1. The summed E-state index contributed by atoms with van der Waals surface area (Å²) < 4.78 is 23.5. The Morgan fingerprint density at radius 1 is 1.31 bits per heavy atom. The van der Waals surface area contributed by atoms with Gasteiger partial charge in [-0.25, -0.2) is 8.42 Å². The van der Waals surface area contributed by atoms with E-state index in [4.69, 9.17) is 5.73 Å². The van der Waals surface area contributed by atoms with Crippen LogP contribution in [0.5, 0.6) is 0 Å². The molecule has 0 saturated carbocycles. The molecule has 0 aliphatic carbocycles. The lowest BCUT2D eigenvalue weighted by Crippen LogP contribution is -1.95. The largest absolute Gasteiger partial charge is 0.399 e. The van der Waals surface area contributed by atoms with E-state index in [0.29, 0.717) is 15.7 Å². The van der Waals surface area contributed by atoms with Gasteiger partial charge in [0.2, 0.25) is 9.84 Å². The highest BCUT2D eigenvalue weighted by atomic mass is 79.9. The predicted octanol–water partition coefficient (Wildman–Crippen LogP) is 1.75. The van der Waals surface area contributed by atoms with Gasteiger partial charge >= 0.3 is 0 Å². The van der Waals surface area contributed by atoms with Crippen molar-refractivity contribution in [3.63, 3.8) is 0 Å². The maximum absolute atomic E-state index is 11.5. The molecule has 1 aromatic rings. The highest BCUT2D eigenvalue weighted by molar-refractivity contribution is 9.15. The SMILES string of the molecule is Nc1ccc2c(c1)S(=O)(=O)C=C2Br. The zero-order chi connectivity index (χ0) is 9.64. The van der Waals surface area contributed by atoms with Crippen molar-refractivity contribution in [1.29, 1.82) is 0 Å². The van der Waals surface area contributed by atoms with E-state index in [0.717, 1.165) is 0 Å². The van der Waals surface area contributed by atoms with E-state index in [9.17, 15) is 8.42 Å². The molecule has 68 valence electrons. The summed E-state index contributed by atoms with van der Waals surface area (Å²) in [5.41, 5.74) is 6.63. The Bertz CT molecular complexity index is 505. The first-order valence-electron chi connectivity index (χ1n) is 3.53. The molecule has 0 unspecified atom stereocenters. The zero-order valence-corrected chi connectivity index (χ0v) is 8.89. The summed E-state index contributed by atoms with van der Waals surface area (Å²) in [5.74, 6) is 0. The second-order valence-corrected chi connectivity index (χ2v) is 5.39. The van der Waals surface area contributed by atoms with Crippen molar-refractivity contribution >= 4 is 35.9 Å². The molecular weight excluding hydrogens is 254 g/mol. The van der Waals surface area contributed by atoms with Crippen LogP contribution in [0.1, 0.15) is 5.56 Å². The van der Waals surface area contributed by atoms with Gasteiger partial charge in [-0.2, -0.15) is 0 Å². The van der Waals surface area contributed by atoms with Crippen molar-refractivity contribution in [1.82, 2.24) is 0 Å². The molecule has 1 aliphatic heterocycles. The van der Waals surface area contributed by atoms with Crippen LogP contribution in [-0.2, 0) is 9.84 Å². The quantitative estimate of drug-likeness (QED) is 0.723. The molecule has 0 atom stereocenters. The van der Waals surface area contributed by atoms with Crippen LogP contribution in [0.25, 0.3) is 4.48 Å². The fourth-order valence-corrected chi connectivity index (χ4v) is 3.76. The maximum atomic E-state index is 11.5.